The van der Waals surface area contributed by atoms with Gasteiger partial charge in [0.25, 0.3) is 10.1 Å². The molecule has 1 saturated carbocycles. The Morgan fingerprint density at radius 3 is 2.43 bits per heavy atom. The van der Waals surface area contributed by atoms with Gasteiger partial charge < -0.3 is 4.74 Å². The molecule has 1 saturated heterocycles. The highest BCUT2D eigenvalue weighted by atomic mass is 32.2. The molecule has 0 aromatic rings. The number of ether oxygens (including phenoxy) is 1. The molecule has 1 heterocycles. The van der Waals surface area contributed by atoms with Crippen LogP contribution in [0.2, 0.25) is 0 Å². The van der Waals surface area contributed by atoms with Crippen LogP contribution in [-0.2, 0) is 34.0 Å². The van der Waals surface area contributed by atoms with Gasteiger partial charge in [-0.3, -0.25) is 8.74 Å². The van der Waals surface area contributed by atoms with E-state index in [1.807, 2.05) is 0 Å². The van der Waals surface area contributed by atoms with Crippen molar-refractivity contribution in [1.29, 1.82) is 0 Å². The van der Waals surface area contributed by atoms with Gasteiger partial charge in [-0.05, 0) is 32.6 Å². The zero-order valence-corrected chi connectivity index (χ0v) is 13.9. The molecule has 12 heteroatoms. The van der Waals surface area contributed by atoms with E-state index in [-0.39, 0.29) is 18.8 Å². The normalized spacial score (nSPS) is 32.5. The Hall–Kier alpha value is -0.850. The molecule has 0 amide bonds. The van der Waals surface area contributed by atoms with E-state index in [0.29, 0.717) is 0 Å². The third-order valence-corrected chi connectivity index (χ3v) is 6.95. The van der Waals surface area contributed by atoms with Gasteiger partial charge in [0, 0.05) is 5.92 Å². The maximum atomic E-state index is 13.0. The first-order chi connectivity index (χ1) is 10.2. The van der Waals surface area contributed by atoms with E-state index in [2.05, 4.69) is 4.74 Å². The Balaban J connectivity index is 2.02. The molecule has 134 valence electrons. The molecule has 2 aliphatic rings. The first-order valence-corrected chi connectivity index (χ1v) is 9.56. The number of carbonyl (C=O) groups excluding carboxylic acids is 1. The summed E-state index contributed by atoms with van der Waals surface area (Å²) in [6, 6.07) is 0. The van der Waals surface area contributed by atoms with Crippen molar-refractivity contribution in [3.63, 3.8) is 0 Å². The summed E-state index contributed by atoms with van der Waals surface area (Å²) in [4.78, 5) is 11.1. The Morgan fingerprint density at radius 1 is 1.39 bits per heavy atom. The van der Waals surface area contributed by atoms with Gasteiger partial charge in [-0.2, -0.15) is 25.6 Å². The van der Waals surface area contributed by atoms with Gasteiger partial charge in [0.05, 0.1) is 17.5 Å². The first-order valence-electron chi connectivity index (χ1n) is 6.65. The van der Waals surface area contributed by atoms with E-state index in [9.17, 15) is 30.4 Å². The summed E-state index contributed by atoms with van der Waals surface area (Å²) in [5.74, 6) is -3.29. The number of hydrogen-bond donors (Lipinski definition) is 1. The van der Waals surface area contributed by atoms with Gasteiger partial charge in [-0.15, -0.1) is 0 Å². The van der Waals surface area contributed by atoms with Crippen LogP contribution in [0.25, 0.3) is 0 Å². The molecule has 1 aliphatic heterocycles. The quantitative estimate of drug-likeness (QED) is 0.427. The van der Waals surface area contributed by atoms with Crippen LogP contribution in [0, 0.1) is 11.8 Å². The minimum absolute atomic E-state index is 0.0567. The number of alkyl halides is 2. The molecule has 2 rings (SSSR count). The van der Waals surface area contributed by atoms with Crippen molar-refractivity contribution in [3.8, 4) is 0 Å². The Kier molecular flexibility index (Phi) is 4.28. The minimum atomic E-state index is -5.92. The average molecular weight is 378 g/mol. The summed E-state index contributed by atoms with van der Waals surface area (Å²) in [5.41, 5.74) is -0.944. The van der Waals surface area contributed by atoms with Gasteiger partial charge in [-0.25, -0.2) is 4.79 Å². The molecule has 23 heavy (non-hydrogen) atoms. The van der Waals surface area contributed by atoms with Crippen LogP contribution in [0.5, 0.6) is 0 Å². The molecular weight excluding hydrogens is 362 g/mol. The standard InChI is InChI=1S/C11H16F2O8S2/c1-10(2)7-3-6(4-8(7)22(15,16)21-10)5-20-9(14)11(12,13)23(17,18)19/h6-8H,3-5H2,1-2H3,(H,17,18,19). The third kappa shape index (κ3) is 3.21. The molecule has 0 aromatic heterocycles. The summed E-state index contributed by atoms with van der Waals surface area (Å²) in [5, 5.41) is -5.88. The number of hydrogen-bond acceptors (Lipinski definition) is 7. The molecule has 0 radical (unpaired) electrons. The van der Waals surface area contributed by atoms with Crippen LogP contribution < -0.4 is 0 Å². The zero-order chi connectivity index (χ0) is 17.8. The van der Waals surface area contributed by atoms with Crippen LogP contribution in [0.15, 0.2) is 0 Å². The predicted molar refractivity (Wildman–Crippen MR) is 71.5 cm³/mol. The molecule has 2 fully saturated rings. The molecule has 1 aliphatic carbocycles. The first kappa shape index (κ1) is 18.5. The smallest absolute Gasteiger partial charge is 0.460 e. The summed E-state index contributed by atoms with van der Waals surface area (Å²) >= 11 is 0. The predicted octanol–water partition coefficient (Wildman–Crippen LogP) is 0.544. The Labute approximate surface area is 132 Å². The zero-order valence-electron chi connectivity index (χ0n) is 12.2. The van der Waals surface area contributed by atoms with Crippen molar-refractivity contribution in [2.45, 2.75) is 42.8 Å². The van der Waals surface area contributed by atoms with Crippen LogP contribution in [-0.4, -0.2) is 50.1 Å². The van der Waals surface area contributed by atoms with Crippen LogP contribution in [0.4, 0.5) is 8.78 Å². The Morgan fingerprint density at radius 2 is 1.96 bits per heavy atom. The van der Waals surface area contributed by atoms with E-state index in [1.54, 1.807) is 13.8 Å². The molecule has 3 unspecified atom stereocenters. The van der Waals surface area contributed by atoms with E-state index >= 15 is 0 Å². The average Bonchev–Trinajstić information content (AvgIpc) is 2.84. The number of fused-ring (bicyclic) bond motifs is 1. The maximum absolute atomic E-state index is 13.0. The molecule has 8 nitrogen and oxygen atoms in total. The number of esters is 1. The SMILES string of the molecule is CC1(C)OS(=O)(=O)C2CC(COC(=O)C(F)(F)S(=O)(=O)O)CC21. The number of rotatable bonds is 4. The second-order valence-electron chi connectivity index (χ2n) is 6.25. The van der Waals surface area contributed by atoms with Gasteiger partial charge in [0.15, 0.2) is 0 Å². The van der Waals surface area contributed by atoms with Gasteiger partial charge >= 0.3 is 21.3 Å². The van der Waals surface area contributed by atoms with Crippen molar-refractivity contribution in [2.24, 2.45) is 11.8 Å². The van der Waals surface area contributed by atoms with E-state index in [0.717, 1.165) is 0 Å². The number of halogens is 2. The lowest BCUT2D eigenvalue weighted by molar-refractivity contribution is -0.162. The van der Waals surface area contributed by atoms with E-state index in [1.165, 1.54) is 0 Å². The van der Waals surface area contributed by atoms with E-state index < -0.39 is 54.8 Å². The molecule has 0 aromatic carbocycles. The number of carbonyl (C=O) groups is 1. The van der Waals surface area contributed by atoms with Crippen molar-refractivity contribution < 1.29 is 43.9 Å². The second-order valence-corrected chi connectivity index (χ2v) is 9.47. The van der Waals surface area contributed by atoms with Gasteiger partial charge in [-0.1, -0.05) is 0 Å². The summed E-state index contributed by atoms with van der Waals surface area (Å²) < 4.78 is 88.3. The summed E-state index contributed by atoms with van der Waals surface area (Å²) in [6.45, 7) is 2.62. The minimum Gasteiger partial charge on any atom is -0.460 e. The molecule has 0 bridgehead atoms. The Bertz CT molecular complexity index is 712. The van der Waals surface area contributed by atoms with Crippen molar-refractivity contribution in [3.05, 3.63) is 0 Å². The fourth-order valence-electron chi connectivity index (χ4n) is 3.09. The highest BCUT2D eigenvalue weighted by Crippen LogP contribution is 2.49. The molecular formula is C11H16F2O8S2. The summed E-state index contributed by atoms with van der Waals surface area (Å²) in [7, 11) is -9.70. The highest BCUT2D eigenvalue weighted by Gasteiger charge is 2.58. The van der Waals surface area contributed by atoms with Crippen molar-refractivity contribution in [2.75, 3.05) is 6.61 Å². The molecule has 1 N–H and O–H groups in total. The van der Waals surface area contributed by atoms with Crippen molar-refractivity contribution in [1.82, 2.24) is 0 Å². The third-order valence-electron chi connectivity index (χ3n) is 4.21. The van der Waals surface area contributed by atoms with Crippen LogP contribution >= 0.6 is 0 Å². The summed E-state index contributed by atoms with van der Waals surface area (Å²) in [6.07, 6.45) is 0.322. The lowest BCUT2D eigenvalue weighted by Gasteiger charge is -2.23. The lowest BCUT2D eigenvalue weighted by atomic mass is 9.89. The van der Waals surface area contributed by atoms with Crippen LogP contribution in [0.1, 0.15) is 26.7 Å². The monoisotopic (exact) mass is 378 g/mol. The lowest BCUT2D eigenvalue weighted by Crippen LogP contribution is -2.39. The van der Waals surface area contributed by atoms with Gasteiger partial charge in [0.1, 0.15) is 0 Å². The fraction of sp³-hybridized carbons (Fsp3) is 0.909. The topological polar surface area (TPSA) is 124 Å². The largest absolute Gasteiger partial charge is 0.465 e. The molecule has 3 atom stereocenters. The maximum Gasteiger partial charge on any atom is 0.465 e. The van der Waals surface area contributed by atoms with Crippen molar-refractivity contribution >= 4 is 26.2 Å². The highest BCUT2D eigenvalue weighted by molar-refractivity contribution is 7.88. The molecule has 0 spiro atoms. The van der Waals surface area contributed by atoms with Crippen LogP contribution in [0.3, 0.4) is 0 Å². The fourth-order valence-corrected chi connectivity index (χ4v) is 5.56. The van der Waals surface area contributed by atoms with Gasteiger partial charge in [0.2, 0.25) is 0 Å². The van der Waals surface area contributed by atoms with E-state index in [4.69, 9.17) is 8.74 Å². The second kappa shape index (κ2) is 5.33.